The van der Waals surface area contributed by atoms with Gasteiger partial charge in [0.2, 0.25) is 0 Å². The van der Waals surface area contributed by atoms with Gasteiger partial charge < -0.3 is 20.1 Å². The maximum absolute atomic E-state index is 12.9. The summed E-state index contributed by atoms with van der Waals surface area (Å²) < 4.78 is 11.1. The summed E-state index contributed by atoms with van der Waals surface area (Å²) in [6.07, 6.45) is 0. The Kier molecular flexibility index (Phi) is 7.20. The molecular formula is C28H24N2O4. The van der Waals surface area contributed by atoms with Crippen LogP contribution in [0.25, 0.3) is 0 Å². The molecule has 170 valence electrons. The highest BCUT2D eigenvalue weighted by Crippen LogP contribution is 2.24. The van der Waals surface area contributed by atoms with E-state index in [4.69, 9.17) is 9.47 Å². The quantitative estimate of drug-likeness (QED) is 0.355. The number of benzene rings is 4. The summed E-state index contributed by atoms with van der Waals surface area (Å²) in [6.45, 7) is 0.273. The van der Waals surface area contributed by atoms with Crippen LogP contribution in [0.5, 0.6) is 11.5 Å². The van der Waals surface area contributed by atoms with Crippen LogP contribution in [0.2, 0.25) is 0 Å². The number of rotatable bonds is 8. The van der Waals surface area contributed by atoms with Crippen molar-refractivity contribution in [2.75, 3.05) is 17.7 Å². The molecule has 0 bridgehead atoms. The predicted octanol–water partition coefficient (Wildman–Crippen LogP) is 5.78. The van der Waals surface area contributed by atoms with Gasteiger partial charge in [-0.1, -0.05) is 48.5 Å². The van der Waals surface area contributed by atoms with Crippen molar-refractivity contribution in [1.29, 1.82) is 0 Å². The molecule has 2 N–H and O–H groups in total. The number of hydrogen-bond donors (Lipinski definition) is 2. The first kappa shape index (κ1) is 22.6. The van der Waals surface area contributed by atoms with E-state index >= 15 is 0 Å². The van der Waals surface area contributed by atoms with Gasteiger partial charge >= 0.3 is 0 Å². The molecule has 0 saturated carbocycles. The van der Waals surface area contributed by atoms with E-state index in [0.29, 0.717) is 28.3 Å². The Hall–Kier alpha value is -4.58. The summed E-state index contributed by atoms with van der Waals surface area (Å²) >= 11 is 0. The molecule has 6 nitrogen and oxygen atoms in total. The summed E-state index contributed by atoms with van der Waals surface area (Å²) in [5.41, 5.74) is 2.92. The molecule has 0 saturated heterocycles. The normalized spacial score (nSPS) is 10.3. The van der Waals surface area contributed by atoms with E-state index in [9.17, 15) is 9.59 Å². The van der Waals surface area contributed by atoms with E-state index in [1.54, 1.807) is 49.6 Å². The number of para-hydroxylation sites is 3. The minimum atomic E-state index is -0.272. The molecule has 0 fully saturated rings. The third-order valence-corrected chi connectivity index (χ3v) is 5.16. The summed E-state index contributed by atoms with van der Waals surface area (Å²) in [5.74, 6) is 0.790. The first-order chi connectivity index (χ1) is 16.6. The first-order valence-corrected chi connectivity index (χ1v) is 10.8. The van der Waals surface area contributed by atoms with Crippen molar-refractivity contribution in [3.05, 3.63) is 120 Å². The number of nitrogens with one attached hydrogen (secondary N) is 2. The molecule has 2 amide bonds. The number of carbonyl (C=O) groups excluding carboxylic acids is 2. The van der Waals surface area contributed by atoms with Crippen LogP contribution < -0.4 is 20.1 Å². The zero-order chi connectivity index (χ0) is 23.8. The second-order valence-electron chi connectivity index (χ2n) is 7.44. The standard InChI is InChI=1S/C28H24N2O4/c1-33-26-14-8-7-13-25(26)30-27(31)20-15-17-22(18-16-20)29-28(32)24-12-6-5-9-21(24)19-34-23-10-3-2-4-11-23/h2-18H,19H2,1H3,(H,29,32)(H,30,31). The molecular weight excluding hydrogens is 428 g/mol. The van der Waals surface area contributed by atoms with Crippen LogP contribution in [0, 0.1) is 0 Å². The molecule has 0 aliphatic heterocycles. The van der Waals surface area contributed by atoms with Gasteiger partial charge in [-0.15, -0.1) is 0 Å². The van der Waals surface area contributed by atoms with Crippen molar-refractivity contribution in [2.24, 2.45) is 0 Å². The van der Waals surface area contributed by atoms with Gasteiger partial charge in [-0.25, -0.2) is 0 Å². The van der Waals surface area contributed by atoms with Crippen molar-refractivity contribution >= 4 is 23.2 Å². The Morgan fingerprint density at radius 2 is 1.38 bits per heavy atom. The zero-order valence-corrected chi connectivity index (χ0v) is 18.7. The first-order valence-electron chi connectivity index (χ1n) is 10.8. The number of carbonyl (C=O) groups is 2. The van der Waals surface area contributed by atoms with Crippen LogP contribution in [-0.2, 0) is 6.61 Å². The highest BCUT2D eigenvalue weighted by atomic mass is 16.5. The Balaban J connectivity index is 1.41. The molecule has 0 aromatic heterocycles. The van der Waals surface area contributed by atoms with Gasteiger partial charge in [-0.3, -0.25) is 9.59 Å². The second kappa shape index (κ2) is 10.8. The van der Waals surface area contributed by atoms with Crippen molar-refractivity contribution < 1.29 is 19.1 Å². The van der Waals surface area contributed by atoms with Gasteiger partial charge in [0.15, 0.2) is 0 Å². The molecule has 0 aliphatic rings. The Morgan fingerprint density at radius 1 is 0.706 bits per heavy atom. The van der Waals surface area contributed by atoms with E-state index in [-0.39, 0.29) is 18.4 Å². The lowest BCUT2D eigenvalue weighted by atomic mass is 10.1. The molecule has 0 atom stereocenters. The van der Waals surface area contributed by atoms with Crippen molar-refractivity contribution in [1.82, 2.24) is 0 Å². The Morgan fingerprint density at radius 3 is 2.15 bits per heavy atom. The Bertz CT molecular complexity index is 1270. The lowest BCUT2D eigenvalue weighted by Crippen LogP contribution is -2.16. The molecule has 4 aromatic rings. The topological polar surface area (TPSA) is 76.7 Å². The van der Waals surface area contributed by atoms with Gasteiger partial charge in [-0.05, 0) is 54.6 Å². The fraction of sp³-hybridized carbons (Fsp3) is 0.0714. The monoisotopic (exact) mass is 452 g/mol. The summed E-state index contributed by atoms with van der Waals surface area (Å²) in [5, 5.41) is 5.72. The maximum atomic E-state index is 12.9. The van der Waals surface area contributed by atoms with E-state index in [0.717, 1.165) is 11.3 Å². The van der Waals surface area contributed by atoms with Crippen LogP contribution in [-0.4, -0.2) is 18.9 Å². The molecule has 4 aromatic carbocycles. The highest BCUT2D eigenvalue weighted by molar-refractivity contribution is 6.07. The van der Waals surface area contributed by atoms with Crippen LogP contribution >= 0.6 is 0 Å². The van der Waals surface area contributed by atoms with Crippen molar-refractivity contribution in [3.63, 3.8) is 0 Å². The minimum Gasteiger partial charge on any atom is -0.495 e. The lowest BCUT2D eigenvalue weighted by molar-refractivity contribution is 0.101. The maximum Gasteiger partial charge on any atom is 0.256 e. The van der Waals surface area contributed by atoms with E-state index in [2.05, 4.69) is 10.6 Å². The molecule has 4 rings (SSSR count). The number of ether oxygens (including phenoxy) is 2. The van der Waals surface area contributed by atoms with Crippen molar-refractivity contribution in [3.8, 4) is 11.5 Å². The number of anilines is 2. The SMILES string of the molecule is COc1ccccc1NC(=O)c1ccc(NC(=O)c2ccccc2COc2ccccc2)cc1. The van der Waals surface area contributed by atoms with Crippen molar-refractivity contribution in [2.45, 2.75) is 6.61 Å². The van der Waals surface area contributed by atoms with E-state index in [1.807, 2.05) is 60.7 Å². The van der Waals surface area contributed by atoms with Crippen LogP contribution in [0.1, 0.15) is 26.3 Å². The zero-order valence-electron chi connectivity index (χ0n) is 18.7. The third kappa shape index (κ3) is 5.61. The summed E-state index contributed by atoms with van der Waals surface area (Å²) in [4.78, 5) is 25.5. The molecule has 34 heavy (non-hydrogen) atoms. The molecule has 0 aliphatic carbocycles. The molecule has 0 heterocycles. The van der Waals surface area contributed by atoms with Crippen LogP contribution in [0.4, 0.5) is 11.4 Å². The third-order valence-electron chi connectivity index (χ3n) is 5.16. The predicted molar refractivity (Wildman–Crippen MR) is 133 cm³/mol. The summed E-state index contributed by atoms with van der Waals surface area (Å²) in [6, 6.07) is 30.6. The fourth-order valence-corrected chi connectivity index (χ4v) is 3.39. The lowest BCUT2D eigenvalue weighted by Gasteiger charge is -2.12. The molecule has 6 heteroatoms. The number of methoxy groups -OCH3 is 1. The molecule has 0 spiro atoms. The van der Waals surface area contributed by atoms with Gasteiger partial charge in [0.1, 0.15) is 18.1 Å². The van der Waals surface area contributed by atoms with Gasteiger partial charge in [0, 0.05) is 22.4 Å². The van der Waals surface area contributed by atoms with E-state index < -0.39 is 0 Å². The van der Waals surface area contributed by atoms with Gasteiger partial charge in [0.05, 0.1) is 12.8 Å². The highest BCUT2D eigenvalue weighted by Gasteiger charge is 2.13. The average Bonchev–Trinajstić information content (AvgIpc) is 2.89. The Labute approximate surface area is 198 Å². The largest absolute Gasteiger partial charge is 0.495 e. The van der Waals surface area contributed by atoms with E-state index in [1.165, 1.54) is 0 Å². The average molecular weight is 453 g/mol. The van der Waals surface area contributed by atoms with Crippen LogP contribution in [0.15, 0.2) is 103 Å². The summed E-state index contributed by atoms with van der Waals surface area (Å²) in [7, 11) is 1.55. The smallest absolute Gasteiger partial charge is 0.256 e. The fourth-order valence-electron chi connectivity index (χ4n) is 3.39. The second-order valence-corrected chi connectivity index (χ2v) is 7.44. The number of hydrogen-bond acceptors (Lipinski definition) is 4. The van der Waals surface area contributed by atoms with Gasteiger partial charge in [0.25, 0.3) is 11.8 Å². The van der Waals surface area contributed by atoms with Gasteiger partial charge in [-0.2, -0.15) is 0 Å². The molecule has 0 radical (unpaired) electrons. The minimum absolute atomic E-state index is 0.251. The number of amides is 2. The van der Waals surface area contributed by atoms with Crippen LogP contribution in [0.3, 0.4) is 0 Å². The molecule has 0 unspecified atom stereocenters.